The van der Waals surface area contributed by atoms with Gasteiger partial charge < -0.3 is 10.1 Å². The Morgan fingerprint density at radius 1 is 1.00 bits per heavy atom. The second-order valence-electron chi connectivity index (χ2n) is 6.33. The molecule has 0 aliphatic carbocycles. The first-order chi connectivity index (χ1) is 12.2. The van der Waals surface area contributed by atoms with Crippen LogP contribution in [0.2, 0.25) is 0 Å². The van der Waals surface area contributed by atoms with Crippen LogP contribution in [0.5, 0.6) is 0 Å². The van der Waals surface area contributed by atoms with Gasteiger partial charge in [-0.3, -0.25) is 0 Å². The number of carbonyl (C=O) groups excluding carboxylic acids is 1. The Kier molecular flexibility index (Phi) is 2.95. The van der Waals surface area contributed by atoms with E-state index in [2.05, 4.69) is 17.4 Å². The molecule has 0 unspecified atom stereocenters. The smallest absolute Gasteiger partial charge is 0.337 e. The Morgan fingerprint density at radius 2 is 1.80 bits per heavy atom. The lowest BCUT2D eigenvalue weighted by atomic mass is 9.79. The van der Waals surface area contributed by atoms with E-state index in [9.17, 15) is 9.18 Å². The molecule has 25 heavy (non-hydrogen) atoms. The van der Waals surface area contributed by atoms with Crippen LogP contribution in [0.25, 0.3) is 10.8 Å². The van der Waals surface area contributed by atoms with Crippen molar-refractivity contribution >= 4 is 22.4 Å². The maximum Gasteiger partial charge on any atom is 0.337 e. The molecule has 0 saturated heterocycles. The molecular formula is C21H14FNO2. The number of fused-ring (bicyclic) bond motifs is 3. The quantitative estimate of drug-likeness (QED) is 0.674. The van der Waals surface area contributed by atoms with Crippen molar-refractivity contribution in [2.75, 3.05) is 11.9 Å². The molecule has 0 amide bonds. The van der Waals surface area contributed by atoms with E-state index in [4.69, 9.17) is 4.74 Å². The molecule has 1 N–H and O–H groups in total. The Balaban J connectivity index is 1.83. The van der Waals surface area contributed by atoms with E-state index in [1.54, 1.807) is 12.1 Å². The predicted octanol–water partition coefficient (Wildman–Crippen LogP) is 4.35. The highest BCUT2D eigenvalue weighted by atomic mass is 19.1. The SMILES string of the molecule is O=C1OCC2=C1[C@H](c1ccc(F)cc1)c1c(ccc3ccccc13)N2. The molecule has 122 valence electrons. The minimum Gasteiger partial charge on any atom is -0.456 e. The summed E-state index contributed by atoms with van der Waals surface area (Å²) in [5, 5.41) is 5.53. The van der Waals surface area contributed by atoms with Crippen molar-refractivity contribution in [3.63, 3.8) is 0 Å². The lowest BCUT2D eigenvalue weighted by molar-refractivity contribution is -0.136. The molecule has 0 saturated carbocycles. The Hall–Kier alpha value is -3.14. The summed E-state index contributed by atoms with van der Waals surface area (Å²) < 4.78 is 18.7. The van der Waals surface area contributed by atoms with E-state index in [0.717, 1.165) is 33.3 Å². The highest BCUT2D eigenvalue weighted by Crippen LogP contribution is 2.47. The molecule has 0 radical (unpaired) electrons. The standard InChI is InChI=1S/C21H14FNO2/c22-14-8-5-13(6-9-14)18-19-15-4-2-1-3-12(15)7-10-16(19)23-17-11-25-21(24)20(17)18/h1-10,18,23H,11H2/t18-/m1/s1. The maximum absolute atomic E-state index is 13.4. The summed E-state index contributed by atoms with van der Waals surface area (Å²) in [7, 11) is 0. The Morgan fingerprint density at radius 3 is 2.64 bits per heavy atom. The van der Waals surface area contributed by atoms with Gasteiger partial charge in [0.05, 0.1) is 11.3 Å². The fourth-order valence-corrected chi connectivity index (χ4v) is 3.82. The highest BCUT2D eigenvalue weighted by Gasteiger charge is 2.39. The monoisotopic (exact) mass is 331 g/mol. The summed E-state index contributed by atoms with van der Waals surface area (Å²) in [6, 6.07) is 18.5. The van der Waals surface area contributed by atoms with Crippen LogP contribution in [0.15, 0.2) is 71.9 Å². The average molecular weight is 331 g/mol. The molecule has 3 aromatic carbocycles. The van der Waals surface area contributed by atoms with Crippen LogP contribution < -0.4 is 5.32 Å². The molecule has 4 heteroatoms. The molecule has 0 fully saturated rings. The van der Waals surface area contributed by atoms with Gasteiger partial charge in [0.1, 0.15) is 12.4 Å². The minimum atomic E-state index is -0.310. The topological polar surface area (TPSA) is 38.3 Å². The van der Waals surface area contributed by atoms with Crippen LogP contribution in [0.3, 0.4) is 0 Å². The Labute approximate surface area is 143 Å². The number of hydrogen-bond donors (Lipinski definition) is 1. The van der Waals surface area contributed by atoms with E-state index in [0.29, 0.717) is 5.57 Å². The molecular weight excluding hydrogens is 317 g/mol. The number of nitrogens with one attached hydrogen (secondary N) is 1. The van der Waals surface area contributed by atoms with Crippen LogP contribution in [0.1, 0.15) is 17.0 Å². The zero-order valence-corrected chi connectivity index (χ0v) is 13.3. The van der Waals surface area contributed by atoms with Crippen LogP contribution in [0.4, 0.5) is 10.1 Å². The molecule has 3 aromatic rings. The van der Waals surface area contributed by atoms with Crippen molar-refractivity contribution in [3.8, 4) is 0 Å². The zero-order chi connectivity index (χ0) is 17.0. The number of hydrogen-bond acceptors (Lipinski definition) is 3. The van der Waals surface area contributed by atoms with Gasteiger partial charge in [-0.1, -0.05) is 42.5 Å². The van der Waals surface area contributed by atoms with Gasteiger partial charge in [0, 0.05) is 11.6 Å². The summed E-state index contributed by atoms with van der Waals surface area (Å²) in [5.41, 5.74) is 4.29. The van der Waals surface area contributed by atoms with Gasteiger partial charge in [-0.05, 0) is 40.1 Å². The van der Waals surface area contributed by atoms with Crippen molar-refractivity contribution in [2.45, 2.75) is 5.92 Å². The Bertz CT molecular complexity index is 1050. The number of ether oxygens (including phenoxy) is 1. The minimum absolute atomic E-state index is 0.248. The third kappa shape index (κ3) is 2.07. The first-order valence-corrected chi connectivity index (χ1v) is 8.16. The van der Waals surface area contributed by atoms with Crippen LogP contribution in [0, 0.1) is 5.82 Å². The second kappa shape index (κ2) is 5.18. The van der Waals surface area contributed by atoms with Gasteiger partial charge in [-0.25, -0.2) is 9.18 Å². The molecule has 0 bridgehead atoms. The summed E-state index contributed by atoms with van der Waals surface area (Å²) in [5.74, 6) is -0.873. The van der Waals surface area contributed by atoms with Gasteiger partial charge in [-0.15, -0.1) is 0 Å². The fourth-order valence-electron chi connectivity index (χ4n) is 3.82. The number of rotatable bonds is 1. The molecule has 1 atom stereocenters. The van der Waals surface area contributed by atoms with Crippen molar-refractivity contribution < 1.29 is 13.9 Å². The average Bonchev–Trinajstić information content (AvgIpc) is 3.01. The number of carbonyl (C=O) groups is 1. The van der Waals surface area contributed by atoms with Gasteiger partial charge in [-0.2, -0.15) is 0 Å². The molecule has 5 rings (SSSR count). The van der Waals surface area contributed by atoms with Crippen LogP contribution in [-0.2, 0) is 9.53 Å². The molecule has 0 spiro atoms. The van der Waals surface area contributed by atoms with Crippen LogP contribution >= 0.6 is 0 Å². The van der Waals surface area contributed by atoms with Gasteiger partial charge in [0.25, 0.3) is 0 Å². The third-order valence-electron chi connectivity index (χ3n) is 4.93. The van der Waals surface area contributed by atoms with Crippen molar-refractivity contribution in [1.29, 1.82) is 0 Å². The number of benzene rings is 3. The number of esters is 1. The van der Waals surface area contributed by atoms with Gasteiger partial charge >= 0.3 is 5.97 Å². The fraction of sp³-hybridized carbons (Fsp3) is 0.0952. The first kappa shape index (κ1) is 14.2. The van der Waals surface area contributed by atoms with E-state index < -0.39 is 0 Å². The molecule has 3 nitrogen and oxygen atoms in total. The normalized spacial score (nSPS) is 18.6. The van der Waals surface area contributed by atoms with Crippen molar-refractivity contribution in [2.24, 2.45) is 0 Å². The number of halogens is 1. The number of cyclic esters (lactones) is 1. The van der Waals surface area contributed by atoms with Crippen molar-refractivity contribution in [1.82, 2.24) is 0 Å². The molecule has 0 aromatic heterocycles. The zero-order valence-electron chi connectivity index (χ0n) is 13.3. The maximum atomic E-state index is 13.4. The first-order valence-electron chi connectivity index (χ1n) is 8.16. The molecule has 2 heterocycles. The van der Waals surface area contributed by atoms with E-state index in [1.807, 2.05) is 24.3 Å². The summed E-state index contributed by atoms with van der Waals surface area (Å²) in [4.78, 5) is 12.4. The van der Waals surface area contributed by atoms with Gasteiger partial charge in [0.15, 0.2) is 0 Å². The second-order valence-corrected chi connectivity index (χ2v) is 6.33. The largest absolute Gasteiger partial charge is 0.456 e. The van der Waals surface area contributed by atoms with E-state index >= 15 is 0 Å². The number of anilines is 1. The predicted molar refractivity (Wildman–Crippen MR) is 93.8 cm³/mol. The molecule has 2 aliphatic heterocycles. The van der Waals surface area contributed by atoms with Gasteiger partial charge in [0.2, 0.25) is 0 Å². The summed E-state index contributed by atoms with van der Waals surface area (Å²) in [6.07, 6.45) is 0. The highest BCUT2D eigenvalue weighted by molar-refractivity contribution is 6.01. The molecule has 2 aliphatic rings. The van der Waals surface area contributed by atoms with E-state index in [1.165, 1.54) is 12.1 Å². The van der Waals surface area contributed by atoms with E-state index in [-0.39, 0.29) is 24.3 Å². The summed E-state index contributed by atoms with van der Waals surface area (Å²) >= 11 is 0. The summed E-state index contributed by atoms with van der Waals surface area (Å²) in [6.45, 7) is 0.248. The van der Waals surface area contributed by atoms with Crippen LogP contribution in [-0.4, -0.2) is 12.6 Å². The lowest BCUT2D eigenvalue weighted by Gasteiger charge is -2.28. The third-order valence-corrected chi connectivity index (χ3v) is 4.93. The van der Waals surface area contributed by atoms with Crippen molar-refractivity contribution in [3.05, 3.63) is 88.9 Å². The lowest BCUT2D eigenvalue weighted by Crippen LogP contribution is -2.20.